The number of rotatable bonds is 2. The van der Waals surface area contributed by atoms with Crippen LogP contribution in [0.4, 0.5) is 0 Å². The van der Waals surface area contributed by atoms with Crippen molar-refractivity contribution in [2.45, 2.75) is 38.4 Å². The molecule has 2 atom stereocenters. The number of halogens is 1. The van der Waals surface area contributed by atoms with Gasteiger partial charge in [0.1, 0.15) is 4.60 Å². The largest absolute Gasteiger partial charge is 0.241 e. The Balaban J connectivity index is 1.64. The number of pyridine rings is 1. The van der Waals surface area contributed by atoms with Crippen LogP contribution in [-0.4, -0.2) is 13.1 Å². The molecule has 28 heavy (non-hydrogen) atoms. The third kappa shape index (κ3) is 2.53. The quantitative estimate of drug-likeness (QED) is 0.351. The van der Waals surface area contributed by atoms with Crippen molar-refractivity contribution in [3.8, 4) is 0 Å². The molecular formula is C25H24BrNSi. The molecule has 0 radical (unpaired) electrons. The fourth-order valence-corrected chi connectivity index (χ4v) is 9.64. The van der Waals surface area contributed by atoms with Crippen molar-refractivity contribution in [2.24, 2.45) is 0 Å². The van der Waals surface area contributed by atoms with Crippen molar-refractivity contribution in [3.63, 3.8) is 0 Å². The number of hydrogen-bond acceptors (Lipinski definition) is 1. The monoisotopic (exact) mass is 445 g/mol. The SMILES string of the molecule is CC1=C([Si](C)(C)C2C=Cc3ccccc32)C2=Cc3nc(Br)ccc3C(C)C2=C1. The molecule has 140 valence electrons. The minimum absolute atomic E-state index is 0.388. The molecule has 0 saturated carbocycles. The summed E-state index contributed by atoms with van der Waals surface area (Å²) in [6.07, 6.45) is 9.55. The van der Waals surface area contributed by atoms with E-state index in [2.05, 4.69) is 104 Å². The third-order valence-electron chi connectivity index (χ3n) is 6.71. The Morgan fingerprint density at radius 3 is 2.61 bits per heavy atom. The molecule has 3 aliphatic rings. The number of nitrogens with zero attached hydrogens (tertiary/aromatic N) is 1. The molecule has 0 aliphatic heterocycles. The Labute approximate surface area is 176 Å². The summed E-state index contributed by atoms with van der Waals surface area (Å²) < 4.78 is 0.909. The molecule has 2 aromatic rings. The predicted molar refractivity (Wildman–Crippen MR) is 125 cm³/mol. The highest BCUT2D eigenvalue weighted by atomic mass is 79.9. The average molecular weight is 446 g/mol. The summed E-state index contributed by atoms with van der Waals surface area (Å²) in [6.45, 7) is 9.70. The van der Waals surface area contributed by atoms with E-state index in [0.717, 1.165) is 10.3 Å². The molecule has 0 fully saturated rings. The standard InChI is InChI=1S/C25H24BrNSi/c1-15-13-20-16(2)18-10-12-24(26)27-22(18)14-21(20)25(15)28(3,4)23-11-9-17-7-5-6-8-19(17)23/h5-14,16,23H,1-4H3. The van der Waals surface area contributed by atoms with E-state index in [0.29, 0.717) is 11.5 Å². The highest BCUT2D eigenvalue weighted by molar-refractivity contribution is 9.10. The van der Waals surface area contributed by atoms with Gasteiger partial charge in [-0.15, -0.1) is 0 Å². The van der Waals surface area contributed by atoms with Crippen LogP contribution >= 0.6 is 15.9 Å². The minimum atomic E-state index is -1.79. The zero-order valence-electron chi connectivity index (χ0n) is 16.8. The van der Waals surface area contributed by atoms with Crippen molar-refractivity contribution in [2.75, 3.05) is 0 Å². The van der Waals surface area contributed by atoms with Crippen molar-refractivity contribution in [3.05, 3.63) is 97.5 Å². The van der Waals surface area contributed by atoms with E-state index in [1.54, 1.807) is 5.20 Å². The molecule has 1 nitrogen and oxygen atoms in total. The molecule has 1 aromatic heterocycles. The van der Waals surface area contributed by atoms with Gasteiger partial charge in [-0.25, -0.2) is 4.98 Å². The van der Waals surface area contributed by atoms with Crippen LogP contribution in [0.3, 0.4) is 0 Å². The number of benzene rings is 1. The lowest BCUT2D eigenvalue weighted by atomic mass is 9.83. The predicted octanol–water partition coefficient (Wildman–Crippen LogP) is 7.20. The van der Waals surface area contributed by atoms with Gasteiger partial charge < -0.3 is 0 Å². The summed E-state index contributed by atoms with van der Waals surface area (Å²) >= 11 is 3.55. The van der Waals surface area contributed by atoms with Crippen LogP contribution in [-0.2, 0) is 0 Å². The number of hydrogen-bond donors (Lipinski definition) is 0. The van der Waals surface area contributed by atoms with Crippen molar-refractivity contribution < 1.29 is 0 Å². The number of allylic oxidation sites excluding steroid dienone is 6. The van der Waals surface area contributed by atoms with Crippen LogP contribution in [0.1, 0.15) is 47.7 Å². The fourth-order valence-electron chi connectivity index (χ4n) is 5.39. The first-order chi connectivity index (χ1) is 13.4. The fraction of sp³-hybridized carbons (Fsp3) is 0.240. The Bertz CT molecular complexity index is 1130. The van der Waals surface area contributed by atoms with E-state index < -0.39 is 8.07 Å². The van der Waals surface area contributed by atoms with E-state index in [9.17, 15) is 0 Å². The molecule has 0 bridgehead atoms. The first-order valence-corrected chi connectivity index (χ1v) is 13.8. The minimum Gasteiger partial charge on any atom is -0.241 e. The Hall–Kier alpha value is -1.97. The molecule has 0 saturated heterocycles. The molecule has 0 N–H and O–H groups in total. The first-order valence-electron chi connectivity index (χ1n) is 9.97. The Morgan fingerprint density at radius 2 is 1.79 bits per heavy atom. The van der Waals surface area contributed by atoms with Gasteiger partial charge in [0, 0.05) is 11.5 Å². The third-order valence-corrected chi connectivity index (χ3v) is 11.2. The molecule has 5 rings (SSSR count). The smallest absolute Gasteiger partial charge is 0.106 e. The zero-order chi connectivity index (χ0) is 19.6. The average Bonchev–Trinajstić information content (AvgIpc) is 3.23. The lowest BCUT2D eigenvalue weighted by Crippen LogP contribution is -2.37. The Morgan fingerprint density at radius 1 is 1.00 bits per heavy atom. The van der Waals surface area contributed by atoms with Crippen LogP contribution in [0.5, 0.6) is 0 Å². The van der Waals surface area contributed by atoms with Crippen molar-refractivity contribution in [1.29, 1.82) is 0 Å². The van der Waals surface area contributed by atoms with Gasteiger partial charge in [-0.2, -0.15) is 0 Å². The van der Waals surface area contributed by atoms with Crippen LogP contribution in [0.25, 0.3) is 12.2 Å². The van der Waals surface area contributed by atoms with Crippen LogP contribution < -0.4 is 0 Å². The number of aromatic nitrogens is 1. The van der Waals surface area contributed by atoms with E-state index in [1.807, 2.05) is 0 Å². The second-order valence-electron chi connectivity index (χ2n) is 8.73. The van der Waals surface area contributed by atoms with E-state index >= 15 is 0 Å². The maximum Gasteiger partial charge on any atom is 0.106 e. The number of fused-ring (bicyclic) bond motifs is 3. The second kappa shape index (κ2) is 6.26. The normalized spacial score (nSPS) is 22.6. The topological polar surface area (TPSA) is 12.9 Å². The zero-order valence-corrected chi connectivity index (χ0v) is 19.3. The van der Waals surface area contributed by atoms with Gasteiger partial charge in [-0.05, 0) is 68.0 Å². The molecule has 1 heterocycles. The van der Waals surface area contributed by atoms with E-state index in [-0.39, 0.29) is 0 Å². The first kappa shape index (κ1) is 18.1. The summed E-state index contributed by atoms with van der Waals surface area (Å²) in [5.41, 5.74) is 10.2. The van der Waals surface area contributed by atoms with E-state index in [4.69, 9.17) is 4.98 Å². The van der Waals surface area contributed by atoms with E-state index in [1.165, 1.54) is 33.4 Å². The lowest BCUT2D eigenvalue weighted by Gasteiger charge is -2.35. The van der Waals surface area contributed by atoms with Crippen LogP contribution in [0.15, 0.2) is 75.1 Å². The molecule has 2 unspecified atom stereocenters. The van der Waals surface area contributed by atoms with Gasteiger partial charge in [0.25, 0.3) is 0 Å². The van der Waals surface area contributed by atoms with Gasteiger partial charge >= 0.3 is 0 Å². The molecule has 0 amide bonds. The highest BCUT2D eigenvalue weighted by Gasteiger charge is 2.43. The molecule has 0 spiro atoms. The van der Waals surface area contributed by atoms with Gasteiger partial charge in [0.05, 0.1) is 13.8 Å². The maximum atomic E-state index is 4.79. The maximum absolute atomic E-state index is 4.79. The summed E-state index contributed by atoms with van der Waals surface area (Å²) in [5.74, 6) is 0.388. The summed E-state index contributed by atoms with van der Waals surface area (Å²) in [7, 11) is -1.79. The molecule has 3 aliphatic carbocycles. The van der Waals surface area contributed by atoms with Gasteiger partial charge in [-0.3, -0.25) is 0 Å². The molecular weight excluding hydrogens is 422 g/mol. The molecule has 3 heteroatoms. The lowest BCUT2D eigenvalue weighted by molar-refractivity contribution is 0.884. The van der Waals surface area contributed by atoms with Gasteiger partial charge in [-0.1, -0.05) is 74.2 Å². The Kier molecular flexibility index (Phi) is 4.04. The second-order valence-corrected chi connectivity index (χ2v) is 14.1. The van der Waals surface area contributed by atoms with Crippen LogP contribution in [0.2, 0.25) is 13.1 Å². The summed E-state index contributed by atoms with van der Waals surface area (Å²) in [4.78, 5) is 4.79. The van der Waals surface area contributed by atoms with Crippen molar-refractivity contribution in [1.82, 2.24) is 4.98 Å². The van der Waals surface area contributed by atoms with Gasteiger partial charge in [0.15, 0.2) is 0 Å². The highest BCUT2D eigenvalue weighted by Crippen LogP contribution is 2.51. The van der Waals surface area contributed by atoms with Crippen molar-refractivity contribution >= 4 is 36.2 Å². The van der Waals surface area contributed by atoms with Gasteiger partial charge in [0.2, 0.25) is 0 Å². The van der Waals surface area contributed by atoms with Crippen LogP contribution in [0, 0.1) is 0 Å². The summed E-state index contributed by atoms with van der Waals surface area (Å²) in [6, 6.07) is 13.2. The summed E-state index contributed by atoms with van der Waals surface area (Å²) in [5, 5.41) is 1.60. The molecule has 1 aromatic carbocycles.